The Kier molecular flexibility index (Phi) is 1.68. The molecule has 0 unspecified atom stereocenters. The van der Waals surface area contributed by atoms with Gasteiger partial charge in [0.05, 0.1) is 18.3 Å². The van der Waals surface area contributed by atoms with E-state index in [0.29, 0.717) is 0 Å². The van der Waals surface area contributed by atoms with E-state index >= 15 is 0 Å². The molecule has 0 atom stereocenters. The van der Waals surface area contributed by atoms with Crippen LogP contribution in [0.3, 0.4) is 0 Å². The first-order valence-electron chi connectivity index (χ1n) is 4.86. The molecule has 0 amide bonds. The first kappa shape index (κ1) is 8.35. The number of aryl methyl sites for hydroxylation is 1. The number of rotatable bonds is 1. The van der Waals surface area contributed by atoms with Crippen molar-refractivity contribution in [2.24, 2.45) is 4.99 Å². The minimum absolute atomic E-state index is 0.754. The molecule has 4 heteroatoms. The first-order chi connectivity index (χ1) is 7.33. The number of nitrogens with one attached hydrogen (secondary N) is 1. The summed E-state index contributed by atoms with van der Waals surface area (Å²) in [7, 11) is 0. The molecule has 2 aromatic rings. The molecule has 0 aliphatic carbocycles. The normalized spacial score (nSPS) is 14.9. The predicted octanol–water partition coefficient (Wildman–Crippen LogP) is 1.73. The second-order valence-corrected chi connectivity index (χ2v) is 3.58. The topological polar surface area (TPSA) is 53.9 Å². The molecule has 0 saturated heterocycles. The lowest BCUT2D eigenvalue weighted by Crippen LogP contribution is -1.84. The lowest BCUT2D eigenvalue weighted by atomic mass is 10.3. The number of aromatic amines is 1. The van der Waals surface area contributed by atoms with Crippen LogP contribution in [-0.2, 0) is 0 Å². The number of fused-ring (bicyclic) bond motifs is 1. The van der Waals surface area contributed by atoms with Crippen molar-refractivity contribution in [3.05, 3.63) is 29.9 Å². The molecule has 2 aromatic heterocycles. The Hall–Kier alpha value is -1.97. The van der Waals surface area contributed by atoms with E-state index in [2.05, 4.69) is 26.0 Å². The number of allylic oxidation sites excluding steroid dienone is 1. The Balaban J connectivity index is 2.18. The fraction of sp³-hybridized carbons (Fsp3) is 0.182. The van der Waals surface area contributed by atoms with Crippen LogP contribution in [0.15, 0.2) is 23.3 Å². The zero-order chi connectivity index (χ0) is 10.3. The van der Waals surface area contributed by atoms with Crippen molar-refractivity contribution < 1.29 is 0 Å². The summed E-state index contributed by atoms with van der Waals surface area (Å²) in [5.74, 6) is 0.874. The zero-order valence-corrected chi connectivity index (χ0v) is 8.36. The van der Waals surface area contributed by atoms with Gasteiger partial charge in [-0.2, -0.15) is 0 Å². The largest absolute Gasteiger partial charge is 0.338 e. The fourth-order valence-corrected chi connectivity index (χ4v) is 1.67. The van der Waals surface area contributed by atoms with Gasteiger partial charge in [0.15, 0.2) is 0 Å². The average Bonchev–Trinajstić information content (AvgIpc) is 2.84. The van der Waals surface area contributed by atoms with Crippen molar-refractivity contribution in [3.8, 4) is 0 Å². The molecule has 1 N–H and O–H groups in total. The minimum Gasteiger partial charge on any atom is -0.338 e. The highest BCUT2D eigenvalue weighted by molar-refractivity contribution is 6.10. The summed E-state index contributed by atoms with van der Waals surface area (Å²) < 4.78 is 0. The van der Waals surface area contributed by atoms with E-state index in [9.17, 15) is 0 Å². The molecule has 0 fully saturated rings. The zero-order valence-electron chi connectivity index (χ0n) is 8.36. The van der Waals surface area contributed by atoms with Crippen LogP contribution in [0.2, 0.25) is 0 Å². The number of aliphatic imine (C=N–C) groups is 1. The summed E-state index contributed by atoms with van der Waals surface area (Å²) in [4.78, 5) is 16.1. The number of hydrogen-bond donors (Lipinski definition) is 1. The summed E-state index contributed by atoms with van der Waals surface area (Å²) in [5, 5.41) is 0. The van der Waals surface area contributed by atoms with Gasteiger partial charge in [0.25, 0.3) is 0 Å². The van der Waals surface area contributed by atoms with Crippen LogP contribution in [0.5, 0.6) is 0 Å². The van der Waals surface area contributed by atoms with E-state index < -0.39 is 0 Å². The fourth-order valence-electron chi connectivity index (χ4n) is 1.67. The predicted molar refractivity (Wildman–Crippen MR) is 60.0 cm³/mol. The molecule has 0 aromatic carbocycles. The summed E-state index contributed by atoms with van der Waals surface area (Å²) in [5.41, 5.74) is 3.98. The Bertz CT molecular complexity index is 577. The van der Waals surface area contributed by atoms with Crippen LogP contribution in [-0.4, -0.2) is 27.7 Å². The van der Waals surface area contributed by atoms with Crippen LogP contribution < -0.4 is 0 Å². The Morgan fingerprint density at radius 1 is 1.40 bits per heavy atom. The van der Waals surface area contributed by atoms with Gasteiger partial charge in [0.1, 0.15) is 11.3 Å². The van der Waals surface area contributed by atoms with Gasteiger partial charge < -0.3 is 4.98 Å². The number of nitrogens with zero attached hydrogens (tertiary/aromatic N) is 3. The monoisotopic (exact) mass is 198 g/mol. The van der Waals surface area contributed by atoms with Gasteiger partial charge in [-0.3, -0.25) is 9.98 Å². The molecule has 74 valence electrons. The summed E-state index contributed by atoms with van der Waals surface area (Å²) in [6, 6.07) is 2.00. The van der Waals surface area contributed by atoms with Gasteiger partial charge in [-0.25, -0.2) is 4.98 Å². The van der Waals surface area contributed by atoms with E-state index in [-0.39, 0.29) is 0 Å². The maximum atomic E-state index is 4.46. The highest BCUT2D eigenvalue weighted by Gasteiger charge is 2.08. The Morgan fingerprint density at radius 3 is 3.13 bits per heavy atom. The molecular formula is C11H10N4. The quantitative estimate of drug-likeness (QED) is 0.758. The van der Waals surface area contributed by atoms with Gasteiger partial charge in [0, 0.05) is 17.5 Å². The Labute approximate surface area is 86.8 Å². The molecular weight excluding hydrogens is 188 g/mol. The van der Waals surface area contributed by atoms with E-state index in [1.165, 1.54) is 0 Å². The molecule has 0 spiro atoms. The van der Waals surface area contributed by atoms with Gasteiger partial charge >= 0.3 is 0 Å². The number of H-pyrrole nitrogens is 1. The van der Waals surface area contributed by atoms with Crippen LogP contribution >= 0.6 is 0 Å². The molecule has 0 saturated carbocycles. The third-order valence-corrected chi connectivity index (χ3v) is 2.43. The van der Waals surface area contributed by atoms with Gasteiger partial charge in [0.2, 0.25) is 0 Å². The van der Waals surface area contributed by atoms with Crippen molar-refractivity contribution >= 4 is 22.8 Å². The van der Waals surface area contributed by atoms with Crippen molar-refractivity contribution in [1.29, 1.82) is 0 Å². The van der Waals surface area contributed by atoms with E-state index in [1.54, 1.807) is 6.20 Å². The highest BCUT2D eigenvalue weighted by Crippen LogP contribution is 2.17. The van der Waals surface area contributed by atoms with E-state index in [1.807, 2.05) is 19.2 Å². The third-order valence-electron chi connectivity index (χ3n) is 2.43. The third kappa shape index (κ3) is 1.34. The Morgan fingerprint density at radius 2 is 2.33 bits per heavy atom. The van der Waals surface area contributed by atoms with Crippen molar-refractivity contribution in [2.45, 2.75) is 6.92 Å². The molecule has 4 nitrogen and oxygen atoms in total. The number of hydrogen-bond acceptors (Lipinski definition) is 3. The highest BCUT2D eigenvalue weighted by atomic mass is 14.9. The molecule has 3 rings (SSSR count). The lowest BCUT2D eigenvalue weighted by molar-refractivity contribution is 1.22. The van der Waals surface area contributed by atoms with E-state index in [0.717, 1.165) is 34.7 Å². The van der Waals surface area contributed by atoms with Crippen LogP contribution in [0.25, 0.3) is 16.6 Å². The summed E-state index contributed by atoms with van der Waals surface area (Å²) >= 11 is 0. The second-order valence-electron chi connectivity index (χ2n) is 3.58. The minimum atomic E-state index is 0.754. The van der Waals surface area contributed by atoms with Crippen molar-refractivity contribution in [1.82, 2.24) is 15.0 Å². The smallest absolute Gasteiger partial charge is 0.139 e. The summed E-state index contributed by atoms with van der Waals surface area (Å²) in [6.07, 6.45) is 5.69. The molecule has 1 aliphatic heterocycles. The number of imidazole rings is 1. The standard InChI is InChI=1S/C11H10N4/c1-7-4-9-10(6-13-7)15-11(14-9)8-2-3-12-5-8/h2,4-6H,3H2,1H3,(H,14,15). The van der Waals surface area contributed by atoms with Gasteiger partial charge in [-0.1, -0.05) is 6.08 Å². The molecule has 0 radical (unpaired) electrons. The van der Waals surface area contributed by atoms with Crippen molar-refractivity contribution in [3.63, 3.8) is 0 Å². The molecule has 3 heterocycles. The first-order valence-corrected chi connectivity index (χ1v) is 4.86. The number of aromatic nitrogens is 3. The maximum Gasteiger partial charge on any atom is 0.139 e. The van der Waals surface area contributed by atoms with Crippen LogP contribution in [0.4, 0.5) is 0 Å². The molecule has 1 aliphatic rings. The van der Waals surface area contributed by atoms with Crippen LogP contribution in [0.1, 0.15) is 11.5 Å². The van der Waals surface area contributed by atoms with Crippen LogP contribution in [0, 0.1) is 6.92 Å². The number of pyridine rings is 1. The van der Waals surface area contributed by atoms with E-state index in [4.69, 9.17) is 0 Å². The van der Waals surface area contributed by atoms with Crippen molar-refractivity contribution in [2.75, 3.05) is 6.54 Å². The summed E-state index contributed by atoms with van der Waals surface area (Å²) in [6.45, 7) is 2.72. The lowest BCUT2D eigenvalue weighted by Gasteiger charge is -1.89. The molecule has 0 bridgehead atoms. The maximum absolute atomic E-state index is 4.46. The van der Waals surface area contributed by atoms with Gasteiger partial charge in [-0.05, 0) is 13.0 Å². The second kappa shape index (κ2) is 3.02. The molecule has 15 heavy (non-hydrogen) atoms. The average molecular weight is 198 g/mol. The van der Waals surface area contributed by atoms with Gasteiger partial charge in [-0.15, -0.1) is 0 Å². The SMILES string of the molecule is Cc1cc2[nH]c(C3=CCN=C3)nc2cn1.